The van der Waals surface area contributed by atoms with Gasteiger partial charge in [0.1, 0.15) is 11.4 Å². The lowest BCUT2D eigenvalue weighted by Crippen LogP contribution is -2.54. The van der Waals surface area contributed by atoms with Crippen LogP contribution in [0.2, 0.25) is 0 Å². The summed E-state index contributed by atoms with van der Waals surface area (Å²) in [5, 5.41) is 2.62. The van der Waals surface area contributed by atoms with Crippen LogP contribution in [0.1, 0.15) is 40.2 Å². The average molecular weight is 461 g/mol. The highest BCUT2D eigenvalue weighted by Crippen LogP contribution is 2.28. The van der Waals surface area contributed by atoms with Gasteiger partial charge in [-0.1, -0.05) is 15.9 Å². The first-order valence-electron chi connectivity index (χ1n) is 8.68. The molecule has 0 saturated heterocycles. The van der Waals surface area contributed by atoms with Gasteiger partial charge in [0.15, 0.2) is 0 Å². The van der Waals surface area contributed by atoms with Crippen LogP contribution in [0.5, 0.6) is 0 Å². The second-order valence-corrected chi connectivity index (χ2v) is 8.38. The third-order valence-electron chi connectivity index (χ3n) is 3.65. The number of benzene rings is 1. The molecule has 1 aromatic rings. The Kier molecular flexibility index (Phi) is 7.98. The minimum absolute atomic E-state index is 0.0477. The Hall–Kier alpha value is -2.16. The summed E-state index contributed by atoms with van der Waals surface area (Å²) in [5.41, 5.74) is -2.03. The van der Waals surface area contributed by atoms with Gasteiger partial charge in [-0.25, -0.2) is 14.0 Å². The lowest BCUT2D eigenvalue weighted by atomic mass is 9.90. The summed E-state index contributed by atoms with van der Waals surface area (Å²) < 4.78 is 25.1. The molecule has 0 aromatic heterocycles. The molecule has 0 fully saturated rings. The van der Waals surface area contributed by atoms with E-state index in [-0.39, 0.29) is 18.7 Å². The lowest BCUT2D eigenvalue weighted by Gasteiger charge is -2.35. The lowest BCUT2D eigenvalue weighted by molar-refractivity contribution is -0.159. The van der Waals surface area contributed by atoms with Crippen molar-refractivity contribution >= 4 is 33.9 Å². The molecule has 0 aliphatic heterocycles. The number of carbonyl (C=O) groups excluding carboxylic acids is 3. The van der Waals surface area contributed by atoms with Crippen LogP contribution in [0.25, 0.3) is 0 Å². The van der Waals surface area contributed by atoms with Crippen molar-refractivity contribution in [3.05, 3.63) is 34.1 Å². The number of rotatable bonds is 5. The number of ether oxygens (including phenoxy) is 2. The van der Waals surface area contributed by atoms with Crippen molar-refractivity contribution < 1.29 is 28.2 Å². The van der Waals surface area contributed by atoms with Gasteiger partial charge in [-0.3, -0.25) is 4.79 Å². The molecule has 0 heterocycles. The number of hydrogen-bond acceptors (Lipinski definition) is 5. The molecule has 1 rings (SSSR count). The van der Waals surface area contributed by atoms with Crippen molar-refractivity contribution in [2.45, 2.75) is 45.8 Å². The van der Waals surface area contributed by atoms with Crippen LogP contribution in [0.4, 0.5) is 9.18 Å². The highest BCUT2D eigenvalue weighted by Gasteiger charge is 2.37. The second-order valence-electron chi connectivity index (χ2n) is 7.46. The minimum Gasteiger partial charge on any atom is -0.459 e. The van der Waals surface area contributed by atoms with E-state index >= 15 is 0 Å². The molecule has 7 nitrogen and oxygen atoms in total. The first-order valence-corrected chi connectivity index (χ1v) is 9.47. The summed E-state index contributed by atoms with van der Waals surface area (Å²) in [7, 11) is 1.37. The van der Waals surface area contributed by atoms with Gasteiger partial charge in [-0.2, -0.15) is 0 Å². The SMILES string of the molecule is CCOC(=O)C(=O)N(C)CC(C)(NC(=O)OC(C)(C)C)c1cc(Br)ccc1F. The van der Waals surface area contributed by atoms with Gasteiger partial charge < -0.3 is 19.7 Å². The fourth-order valence-electron chi connectivity index (χ4n) is 2.54. The normalized spacial score (nSPS) is 13.3. The van der Waals surface area contributed by atoms with Crippen molar-refractivity contribution in [3.63, 3.8) is 0 Å². The number of halogens is 2. The monoisotopic (exact) mass is 460 g/mol. The smallest absolute Gasteiger partial charge is 0.408 e. The fourth-order valence-corrected chi connectivity index (χ4v) is 2.90. The molecule has 9 heteroatoms. The van der Waals surface area contributed by atoms with Crippen LogP contribution in [0, 0.1) is 5.82 Å². The fraction of sp³-hybridized carbons (Fsp3) is 0.526. The molecule has 28 heavy (non-hydrogen) atoms. The van der Waals surface area contributed by atoms with E-state index in [4.69, 9.17) is 9.47 Å². The van der Waals surface area contributed by atoms with Gasteiger partial charge in [0.05, 0.1) is 12.1 Å². The second kappa shape index (κ2) is 9.36. The summed E-state index contributed by atoms with van der Waals surface area (Å²) >= 11 is 3.28. The molecule has 156 valence electrons. The highest BCUT2D eigenvalue weighted by atomic mass is 79.9. The first-order chi connectivity index (χ1) is 12.8. The van der Waals surface area contributed by atoms with Crippen LogP contribution in [0.3, 0.4) is 0 Å². The van der Waals surface area contributed by atoms with Crippen molar-refractivity contribution in [3.8, 4) is 0 Å². The van der Waals surface area contributed by atoms with E-state index in [0.29, 0.717) is 4.47 Å². The predicted molar refractivity (Wildman–Crippen MR) is 105 cm³/mol. The third-order valence-corrected chi connectivity index (χ3v) is 4.14. The van der Waals surface area contributed by atoms with E-state index in [1.165, 1.54) is 32.2 Å². The average Bonchev–Trinajstić information content (AvgIpc) is 2.54. The van der Waals surface area contributed by atoms with Gasteiger partial charge in [-0.05, 0) is 52.8 Å². The molecular weight excluding hydrogens is 435 g/mol. The summed E-state index contributed by atoms with van der Waals surface area (Å²) in [5.74, 6) is -2.52. The zero-order chi connectivity index (χ0) is 21.7. The Bertz CT molecular complexity index is 750. The minimum atomic E-state index is -1.38. The predicted octanol–water partition coefficient (Wildman–Crippen LogP) is 3.35. The summed E-state index contributed by atoms with van der Waals surface area (Å²) in [6.45, 7) is 8.05. The van der Waals surface area contributed by atoms with Crippen LogP contribution in [-0.2, 0) is 24.6 Å². The van der Waals surface area contributed by atoms with Crippen LogP contribution < -0.4 is 5.32 Å². The van der Waals surface area contributed by atoms with Crippen LogP contribution >= 0.6 is 15.9 Å². The van der Waals surface area contributed by atoms with Gasteiger partial charge in [0.2, 0.25) is 0 Å². The highest BCUT2D eigenvalue weighted by molar-refractivity contribution is 9.10. The largest absolute Gasteiger partial charge is 0.459 e. The number of likely N-dealkylation sites (N-methyl/N-ethyl adjacent to an activating group) is 1. The molecule has 2 amide bonds. The van der Waals surface area contributed by atoms with E-state index in [9.17, 15) is 18.8 Å². The maximum atomic E-state index is 14.6. The summed E-state index contributed by atoms with van der Waals surface area (Å²) in [4.78, 5) is 37.4. The number of nitrogens with one attached hydrogen (secondary N) is 1. The van der Waals surface area contributed by atoms with E-state index in [2.05, 4.69) is 21.2 Å². The maximum absolute atomic E-state index is 14.6. The number of alkyl carbamates (subject to hydrolysis) is 1. The molecule has 1 unspecified atom stereocenters. The quantitative estimate of drug-likeness (QED) is 0.537. The summed E-state index contributed by atoms with van der Waals surface area (Å²) in [6, 6.07) is 4.25. The number of nitrogens with zero attached hydrogens (tertiary/aromatic N) is 1. The Morgan fingerprint density at radius 2 is 1.82 bits per heavy atom. The Morgan fingerprint density at radius 1 is 1.21 bits per heavy atom. The van der Waals surface area contributed by atoms with E-state index in [1.807, 2.05) is 0 Å². The number of esters is 1. The topological polar surface area (TPSA) is 84.9 Å². The molecule has 0 spiro atoms. The zero-order valence-electron chi connectivity index (χ0n) is 16.9. The molecule has 1 atom stereocenters. The van der Waals surface area contributed by atoms with Crippen LogP contribution in [0.15, 0.2) is 22.7 Å². The van der Waals surface area contributed by atoms with E-state index in [1.54, 1.807) is 27.7 Å². The number of amides is 2. The van der Waals surface area contributed by atoms with E-state index < -0.39 is 34.9 Å². The van der Waals surface area contributed by atoms with Gasteiger partial charge in [0.25, 0.3) is 0 Å². The van der Waals surface area contributed by atoms with Gasteiger partial charge in [-0.15, -0.1) is 0 Å². The van der Waals surface area contributed by atoms with Gasteiger partial charge in [0, 0.05) is 23.6 Å². The molecule has 0 aliphatic rings. The van der Waals surface area contributed by atoms with Gasteiger partial charge >= 0.3 is 18.0 Å². The molecule has 0 aliphatic carbocycles. The van der Waals surface area contributed by atoms with Crippen molar-refractivity contribution in [1.82, 2.24) is 10.2 Å². The molecule has 0 radical (unpaired) electrons. The molecule has 0 saturated carbocycles. The Balaban J connectivity index is 3.24. The first kappa shape index (κ1) is 23.9. The molecular formula is C19H26BrFN2O5. The van der Waals surface area contributed by atoms with Crippen molar-refractivity contribution in [1.29, 1.82) is 0 Å². The molecule has 0 bridgehead atoms. The van der Waals surface area contributed by atoms with Crippen molar-refractivity contribution in [2.75, 3.05) is 20.2 Å². The molecule has 1 aromatic carbocycles. The molecule has 1 N–H and O–H groups in total. The van der Waals surface area contributed by atoms with Crippen molar-refractivity contribution in [2.24, 2.45) is 0 Å². The third kappa shape index (κ3) is 6.78. The summed E-state index contributed by atoms with van der Waals surface area (Å²) in [6.07, 6.45) is -0.786. The Labute approximate surface area is 172 Å². The standard InChI is InChI=1S/C19H26BrFN2O5/c1-7-27-16(25)15(24)23(6)11-19(5,22-17(26)28-18(2,3)4)13-10-12(20)8-9-14(13)21/h8-10H,7,11H2,1-6H3,(H,22,26). The Morgan fingerprint density at radius 3 is 2.36 bits per heavy atom. The zero-order valence-corrected chi connectivity index (χ0v) is 18.5. The number of carbonyl (C=O) groups is 3. The number of hydrogen-bond donors (Lipinski definition) is 1. The maximum Gasteiger partial charge on any atom is 0.408 e. The van der Waals surface area contributed by atoms with Crippen LogP contribution in [-0.4, -0.2) is 48.7 Å². The van der Waals surface area contributed by atoms with E-state index in [0.717, 1.165) is 4.90 Å².